The number of rotatable bonds is 1. The van der Waals surface area contributed by atoms with Crippen molar-refractivity contribution >= 4 is 11.8 Å². The van der Waals surface area contributed by atoms with Gasteiger partial charge in [0.25, 0.3) is 0 Å². The van der Waals surface area contributed by atoms with Crippen LogP contribution in [-0.2, 0) is 5.75 Å². The van der Waals surface area contributed by atoms with Crippen molar-refractivity contribution in [2.24, 2.45) is 5.73 Å². The quantitative estimate of drug-likeness (QED) is 0.831. The summed E-state index contributed by atoms with van der Waals surface area (Å²) < 4.78 is 39.9. The normalized spacial score (nSPS) is 20.4. The van der Waals surface area contributed by atoms with E-state index in [1.54, 1.807) is 17.8 Å². The van der Waals surface area contributed by atoms with E-state index in [0.29, 0.717) is 0 Å². The summed E-state index contributed by atoms with van der Waals surface area (Å²) in [4.78, 5) is 0. The Morgan fingerprint density at radius 2 is 2.12 bits per heavy atom. The summed E-state index contributed by atoms with van der Waals surface area (Å²) in [6.45, 7) is 0. The largest absolute Gasteiger partial charge is 0.573 e. The molecule has 0 radical (unpaired) electrons. The van der Waals surface area contributed by atoms with E-state index < -0.39 is 6.36 Å². The van der Waals surface area contributed by atoms with Crippen LogP contribution in [0.4, 0.5) is 13.2 Å². The number of fused-ring (bicyclic) bond motifs is 1. The summed E-state index contributed by atoms with van der Waals surface area (Å²) in [6, 6.07) is 4.13. The van der Waals surface area contributed by atoms with Gasteiger partial charge in [0, 0.05) is 17.5 Å². The van der Waals surface area contributed by atoms with Crippen molar-refractivity contribution in [3.63, 3.8) is 0 Å². The van der Waals surface area contributed by atoms with Gasteiger partial charge >= 0.3 is 6.36 Å². The monoisotopic (exact) mass is 249 g/mol. The fourth-order valence-corrected chi connectivity index (χ4v) is 2.67. The molecular formula is C10H10F3NOS. The molecule has 0 aromatic heterocycles. The molecule has 0 saturated carbocycles. The predicted octanol–water partition coefficient (Wildman–Crippen LogP) is 2.83. The van der Waals surface area contributed by atoms with E-state index in [1.165, 1.54) is 12.1 Å². The first-order valence-corrected chi connectivity index (χ1v) is 5.83. The molecule has 2 N–H and O–H groups in total. The maximum atomic E-state index is 12.0. The van der Waals surface area contributed by atoms with Crippen LogP contribution in [0.1, 0.15) is 17.2 Å². The summed E-state index contributed by atoms with van der Waals surface area (Å²) >= 11 is 1.68. The minimum Gasteiger partial charge on any atom is -0.406 e. The number of hydrogen-bond donors (Lipinski definition) is 1. The molecule has 1 heterocycles. The van der Waals surface area contributed by atoms with Crippen LogP contribution in [0.2, 0.25) is 0 Å². The Labute approximate surface area is 95.0 Å². The molecule has 2 rings (SSSR count). The summed E-state index contributed by atoms with van der Waals surface area (Å²) in [5, 5.41) is 0. The van der Waals surface area contributed by atoms with E-state index in [0.717, 1.165) is 22.6 Å². The summed E-state index contributed by atoms with van der Waals surface area (Å²) in [6.07, 6.45) is -4.65. The Balaban J connectivity index is 2.27. The van der Waals surface area contributed by atoms with Gasteiger partial charge in [0.2, 0.25) is 0 Å². The number of halogens is 3. The molecule has 6 heteroatoms. The highest BCUT2D eigenvalue weighted by Crippen LogP contribution is 2.34. The lowest BCUT2D eigenvalue weighted by atomic mass is 10.0. The van der Waals surface area contributed by atoms with Crippen molar-refractivity contribution in [2.45, 2.75) is 18.2 Å². The van der Waals surface area contributed by atoms with Crippen molar-refractivity contribution in [1.82, 2.24) is 0 Å². The van der Waals surface area contributed by atoms with Gasteiger partial charge in [-0.05, 0) is 23.3 Å². The minimum atomic E-state index is -4.65. The number of hydrogen-bond acceptors (Lipinski definition) is 3. The highest BCUT2D eigenvalue weighted by molar-refractivity contribution is 7.98. The SMILES string of the molecule is N[C@@H]1CSCc2ccc(OC(F)(F)F)cc21. The highest BCUT2D eigenvalue weighted by atomic mass is 32.2. The first kappa shape index (κ1) is 11.6. The van der Waals surface area contributed by atoms with Crippen LogP contribution < -0.4 is 10.5 Å². The van der Waals surface area contributed by atoms with Gasteiger partial charge in [0.15, 0.2) is 0 Å². The van der Waals surface area contributed by atoms with Crippen LogP contribution in [0, 0.1) is 0 Å². The Kier molecular flexibility index (Phi) is 3.03. The number of thioether (sulfide) groups is 1. The zero-order valence-corrected chi connectivity index (χ0v) is 9.07. The third kappa shape index (κ3) is 2.62. The molecule has 16 heavy (non-hydrogen) atoms. The second-order valence-corrected chi connectivity index (χ2v) is 4.56. The van der Waals surface area contributed by atoms with Gasteiger partial charge in [-0.2, -0.15) is 11.8 Å². The van der Waals surface area contributed by atoms with Crippen molar-refractivity contribution in [3.05, 3.63) is 29.3 Å². The van der Waals surface area contributed by atoms with Crippen LogP contribution >= 0.6 is 11.8 Å². The topological polar surface area (TPSA) is 35.2 Å². The van der Waals surface area contributed by atoms with Gasteiger partial charge < -0.3 is 10.5 Å². The average Bonchev–Trinajstić information content (AvgIpc) is 2.17. The zero-order valence-electron chi connectivity index (χ0n) is 8.25. The van der Waals surface area contributed by atoms with E-state index >= 15 is 0 Å². The first-order chi connectivity index (χ1) is 7.46. The van der Waals surface area contributed by atoms with Gasteiger partial charge in [-0.15, -0.1) is 13.2 Å². The number of alkyl halides is 3. The summed E-state index contributed by atoms with van der Waals surface area (Å²) in [5.41, 5.74) is 7.56. The molecule has 0 saturated heterocycles. The fourth-order valence-electron chi connectivity index (χ4n) is 1.63. The van der Waals surface area contributed by atoms with Crippen LogP contribution in [0.25, 0.3) is 0 Å². The molecule has 0 fully saturated rings. The molecule has 2 nitrogen and oxygen atoms in total. The molecule has 0 aliphatic carbocycles. The molecule has 0 amide bonds. The van der Waals surface area contributed by atoms with E-state index in [2.05, 4.69) is 4.74 Å². The first-order valence-electron chi connectivity index (χ1n) is 4.67. The Hall–Kier alpha value is -0.880. The minimum absolute atomic E-state index is 0.200. The Morgan fingerprint density at radius 1 is 1.38 bits per heavy atom. The molecule has 1 aromatic carbocycles. The average molecular weight is 249 g/mol. The molecule has 0 spiro atoms. The third-order valence-electron chi connectivity index (χ3n) is 2.31. The second kappa shape index (κ2) is 4.18. The van der Waals surface area contributed by atoms with Gasteiger partial charge in [-0.1, -0.05) is 6.07 Å². The van der Waals surface area contributed by atoms with Crippen molar-refractivity contribution in [2.75, 3.05) is 5.75 Å². The van der Waals surface area contributed by atoms with Gasteiger partial charge in [-0.3, -0.25) is 0 Å². The molecule has 0 unspecified atom stereocenters. The Bertz CT molecular complexity index is 394. The fraction of sp³-hybridized carbons (Fsp3) is 0.400. The predicted molar refractivity (Wildman–Crippen MR) is 56.2 cm³/mol. The van der Waals surface area contributed by atoms with E-state index in [9.17, 15) is 13.2 Å². The summed E-state index contributed by atoms with van der Waals surface area (Å²) in [5.74, 6) is 1.31. The molecule has 1 aliphatic heterocycles. The van der Waals surface area contributed by atoms with Crippen LogP contribution in [0.3, 0.4) is 0 Å². The Morgan fingerprint density at radius 3 is 2.81 bits per heavy atom. The summed E-state index contributed by atoms with van der Waals surface area (Å²) in [7, 11) is 0. The van der Waals surface area contributed by atoms with Crippen LogP contribution in [0.5, 0.6) is 5.75 Å². The maximum Gasteiger partial charge on any atom is 0.573 e. The van der Waals surface area contributed by atoms with E-state index in [1.807, 2.05) is 0 Å². The van der Waals surface area contributed by atoms with Gasteiger partial charge in [0.1, 0.15) is 5.75 Å². The third-order valence-corrected chi connectivity index (χ3v) is 3.42. The second-order valence-electron chi connectivity index (χ2n) is 3.53. The smallest absolute Gasteiger partial charge is 0.406 e. The number of ether oxygens (including phenoxy) is 1. The number of benzene rings is 1. The van der Waals surface area contributed by atoms with Gasteiger partial charge in [-0.25, -0.2) is 0 Å². The maximum absolute atomic E-state index is 12.0. The van der Waals surface area contributed by atoms with E-state index in [4.69, 9.17) is 5.73 Å². The molecule has 88 valence electrons. The molecule has 1 aromatic rings. The lowest BCUT2D eigenvalue weighted by molar-refractivity contribution is -0.274. The lowest BCUT2D eigenvalue weighted by Gasteiger charge is -2.22. The standard InChI is InChI=1S/C10H10F3NOS/c11-10(12,13)15-7-2-1-6-4-16-5-9(14)8(6)3-7/h1-3,9H,4-5,14H2/t9-/m1/s1. The lowest BCUT2D eigenvalue weighted by Crippen LogP contribution is -2.20. The van der Waals surface area contributed by atoms with Crippen molar-refractivity contribution < 1.29 is 17.9 Å². The molecular weight excluding hydrogens is 239 g/mol. The van der Waals surface area contributed by atoms with E-state index in [-0.39, 0.29) is 11.8 Å². The van der Waals surface area contributed by atoms with Gasteiger partial charge in [0.05, 0.1) is 0 Å². The molecule has 1 atom stereocenters. The van der Waals surface area contributed by atoms with Crippen molar-refractivity contribution in [1.29, 1.82) is 0 Å². The van der Waals surface area contributed by atoms with Crippen LogP contribution in [0.15, 0.2) is 18.2 Å². The number of nitrogens with two attached hydrogens (primary N) is 1. The molecule has 0 bridgehead atoms. The highest BCUT2D eigenvalue weighted by Gasteiger charge is 2.31. The zero-order chi connectivity index (χ0) is 11.8. The van der Waals surface area contributed by atoms with Crippen molar-refractivity contribution in [3.8, 4) is 5.75 Å². The molecule has 1 aliphatic rings. The van der Waals surface area contributed by atoms with Crippen LogP contribution in [-0.4, -0.2) is 12.1 Å².